The van der Waals surface area contributed by atoms with E-state index in [0.29, 0.717) is 23.0 Å². The van der Waals surface area contributed by atoms with Crippen molar-refractivity contribution in [1.29, 1.82) is 0 Å². The SMILES string of the molecule is COc1cc(OC)cc(-c2nnc(Cl)o2)c1. The summed E-state index contributed by atoms with van der Waals surface area (Å²) >= 11 is 5.55. The second-order valence-corrected chi connectivity index (χ2v) is 3.28. The smallest absolute Gasteiger partial charge is 0.313 e. The van der Waals surface area contributed by atoms with E-state index in [1.807, 2.05) is 0 Å². The van der Waals surface area contributed by atoms with E-state index >= 15 is 0 Å². The van der Waals surface area contributed by atoms with Crippen molar-refractivity contribution in [2.75, 3.05) is 14.2 Å². The molecule has 0 saturated heterocycles. The molecule has 5 nitrogen and oxygen atoms in total. The maximum Gasteiger partial charge on any atom is 0.313 e. The van der Waals surface area contributed by atoms with Crippen LogP contribution in [0.15, 0.2) is 22.6 Å². The van der Waals surface area contributed by atoms with E-state index in [0.717, 1.165) is 0 Å². The molecule has 84 valence electrons. The Morgan fingerprint density at radius 2 is 1.69 bits per heavy atom. The first kappa shape index (κ1) is 10.8. The Bertz CT molecular complexity index is 476. The Kier molecular flexibility index (Phi) is 2.96. The van der Waals surface area contributed by atoms with Gasteiger partial charge in [0.2, 0.25) is 5.89 Å². The van der Waals surface area contributed by atoms with E-state index in [2.05, 4.69) is 10.2 Å². The van der Waals surface area contributed by atoms with Gasteiger partial charge in [0.05, 0.1) is 14.2 Å². The molecule has 0 aliphatic heterocycles. The Morgan fingerprint density at radius 3 is 2.12 bits per heavy atom. The predicted molar refractivity (Wildman–Crippen MR) is 57.8 cm³/mol. The summed E-state index contributed by atoms with van der Waals surface area (Å²) in [5.74, 6) is 1.61. The van der Waals surface area contributed by atoms with Gasteiger partial charge in [0.1, 0.15) is 11.5 Å². The maximum absolute atomic E-state index is 5.55. The summed E-state index contributed by atoms with van der Waals surface area (Å²) in [5.41, 5.74) is 0.690. The van der Waals surface area contributed by atoms with E-state index < -0.39 is 0 Å². The number of rotatable bonds is 3. The van der Waals surface area contributed by atoms with E-state index in [-0.39, 0.29) is 5.35 Å². The third-order valence-electron chi connectivity index (χ3n) is 2.00. The van der Waals surface area contributed by atoms with E-state index in [4.69, 9.17) is 25.5 Å². The quantitative estimate of drug-likeness (QED) is 0.825. The topological polar surface area (TPSA) is 57.4 Å². The highest BCUT2D eigenvalue weighted by atomic mass is 35.5. The summed E-state index contributed by atoms with van der Waals surface area (Å²) in [7, 11) is 3.14. The fourth-order valence-electron chi connectivity index (χ4n) is 1.25. The molecule has 0 unspecified atom stereocenters. The molecule has 2 aromatic rings. The molecule has 1 aromatic heterocycles. The van der Waals surface area contributed by atoms with Crippen LogP contribution < -0.4 is 9.47 Å². The molecule has 0 amide bonds. The lowest BCUT2D eigenvalue weighted by Gasteiger charge is -2.05. The molecule has 1 heterocycles. The molecule has 1 aromatic carbocycles. The third-order valence-corrected chi connectivity index (χ3v) is 2.15. The molecule has 0 N–H and O–H groups in total. The van der Waals surface area contributed by atoms with Gasteiger partial charge in [0.25, 0.3) is 0 Å². The summed E-state index contributed by atoms with van der Waals surface area (Å²) < 4.78 is 15.3. The zero-order valence-corrected chi connectivity index (χ0v) is 9.49. The van der Waals surface area contributed by atoms with Crippen LogP contribution >= 0.6 is 11.6 Å². The van der Waals surface area contributed by atoms with Crippen LogP contribution in [0.5, 0.6) is 11.5 Å². The molecule has 0 fully saturated rings. The normalized spacial score (nSPS) is 10.2. The van der Waals surface area contributed by atoms with Crippen molar-refractivity contribution in [3.8, 4) is 23.0 Å². The number of halogens is 1. The van der Waals surface area contributed by atoms with Gasteiger partial charge < -0.3 is 13.9 Å². The zero-order valence-electron chi connectivity index (χ0n) is 8.73. The first-order valence-corrected chi connectivity index (χ1v) is 4.83. The second kappa shape index (κ2) is 4.40. The van der Waals surface area contributed by atoms with Crippen molar-refractivity contribution in [2.45, 2.75) is 0 Å². The molecule has 2 rings (SSSR count). The van der Waals surface area contributed by atoms with Gasteiger partial charge in [0, 0.05) is 11.6 Å². The van der Waals surface area contributed by atoms with Crippen LogP contribution in [0.3, 0.4) is 0 Å². The predicted octanol–water partition coefficient (Wildman–Crippen LogP) is 2.41. The van der Waals surface area contributed by atoms with Crippen LogP contribution in [0, 0.1) is 0 Å². The van der Waals surface area contributed by atoms with E-state index in [9.17, 15) is 0 Å². The number of aromatic nitrogens is 2. The average molecular weight is 241 g/mol. The lowest BCUT2D eigenvalue weighted by molar-refractivity contribution is 0.394. The van der Waals surface area contributed by atoms with Crippen molar-refractivity contribution in [1.82, 2.24) is 10.2 Å². The molecule has 0 atom stereocenters. The van der Waals surface area contributed by atoms with Crippen molar-refractivity contribution in [2.24, 2.45) is 0 Å². The summed E-state index contributed by atoms with van der Waals surface area (Å²) in [6, 6.07) is 5.26. The van der Waals surface area contributed by atoms with Gasteiger partial charge >= 0.3 is 5.35 Å². The van der Waals surface area contributed by atoms with Crippen LogP contribution in [-0.2, 0) is 0 Å². The lowest BCUT2D eigenvalue weighted by Crippen LogP contribution is -1.88. The van der Waals surface area contributed by atoms with Crippen LogP contribution in [-0.4, -0.2) is 24.4 Å². The number of nitrogens with zero attached hydrogens (tertiary/aromatic N) is 2. The van der Waals surface area contributed by atoms with Crippen LogP contribution in [0.4, 0.5) is 0 Å². The van der Waals surface area contributed by atoms with Crippen molar-refractivity contribution in [3.05, 3.63) is 23.5 Å². The minimum atomic E-state index is -0.00298. The first-order valence-electron chi connectivity index (χ1n) is 4.45. The molecule has 0 bridgehead atoms. The molecule has 0 radical (unpaired) electrons. The Balaban J connectivity index is 2.47. The Hall–Kier alpha value is -1.75. The van der Waals surface area contributed by atoms with Crippen molar-refractivity contribution >= 4 is 11.6 Å². The minimum Gasteiger partial charge on any atom is -0.497 e. The summed E-state index contributed by atoms with van der Waals surface area (Å²) in [4.78, 5) is 0. The monoisotopic (exact) mass is 240 g/mol. The summed E-state index contributed by atoms with van der Waals surface area (Å²) in [6.07, 6.45) is 0. The zero-order chi connectivity index (χ0) is 11.5. The molecule has 16 heavy (non-hydrogen) atoms. The highest BCUT2D eigenvalue weighted by molar-refractivity contribution is 6.27. The highest BCUT2D eigenvalue weighted by Crippen LogP contribution is 2.29. The molecule has 0 aliphatic carbocycles. The maximum atomic E-state index is 5.55. The third kappa shape index (κ3) is 2.09. The highest BCUT2D eigenvalue weighted by Gasteiger charge is 2.10. The molecule has 0 aliphatic rings. The van der Waals surface area contributed by atoms with Gasteiger partial charge in [-0.1, -0.05) is 5.10 Å². The summed E-state index contributed by atoms with van der Waals surface area (Å²) in [5, 5.41) is 7.35. The Labute approximate surface area is 97.0 Å². The fraction of sp³-hybridized carbons (Fsp3) is 0.200. The van der Waals surface area contributed by atoms with Crippen molar-refractivity contribution < 1.29 is 13.9 Å². The number of hydrogen-bond acceptors (Lipinski definition) is 5. The molecule has 0 spiro atoms. The van der Waals surface area contributed by atoms with E-state index in [1.54, 1.807) is 32.4 Å². The lowest BCUT2D eigenvalue weighted by atomic mass is 10.2. The summed E-state index contributed by atoms with van der Waals surface area (Å²) in [6.45, 7) is 0. The van der Waals surface area contributed by atoms with Crippen LogP contribution in [0.1, 0.15) is 0 Å². The number of methoxy groups -OCH3 is 2. The first-order chi connectivity index (χ1) is 7.72. The number of benzene rings is 1. The van der Waals surface area contributed by atoms with Gasteiger partial charge in [-0.3, -0.25) is 0 Å². The van der Waals surface area contributed by atoms with Crippen LogP contribution in [0.2, 0.25) is 5.35 Å². The Morgan fingerprint density at radius 1 is 1.06 bits per heavy atom. The van der Waals surface area contributed by atoms with Crippen LogP contribution in [0.25, 0.3) is 11.5 Å². The van der Waals surface area contributed by atoms with Gasteiger partial charge in [-0.25, -0.2) is 0 Å². The minimum absolute atomic E-state index is 0.00298. The average Bonchev–Trinajstić information content (AvgIpc) is 2.75. The number of ether oxygens (including phenoxy) is 2. The fourth-order valence-corrected chi connectivity index (χ4v) is 1.36. The van der Waals surface area contributed by atoms with Gasteiger partial charge in [-0.15, -0.1) is 5.10 Å². The largest absolute Gasteiger partial charge is 0.497 e. The van der Waals surface area contributed by atoms with E-state index in [1.165, 1.54) is 0 Å². The van der Waals surface area contributed by atoms with Gasteiger partial charge in [-0.2, -0.15) is 0 Å². The van der Waals surface area contributed by atoms with Gasteiger partial charge in [0.15, 0.2) is 0 Å². The second-order valence-electron chi connectivity index (χ2n) is 2.96. The molecule has 0 saturated carbocycles. The van der Waals surface area contributed by atoms with Crippen molar-refractivity contribution in [3.63, 3.8) is 0 Å². The molecule has 6 heteroatoms. The molecular weight excluding hydrogens is 232 g/mol. The van der Waals surface area contributed by atoms with Gasteiger partial charge in [-0.05, 0) is 23.7 Å². The number of hydrogen-bond donors (Lipinski definition) is 0. The molecular formula is C10H9ClN2O3. The standard InChI is InChI=1S/C10H9ClN2O3/c1-14-7-3-6(4-8(5-7)15-2)9-12-13-10(11)16-9/h3-5H,1-2H3.